The molecule has 0 unspecified atom stereocenters. The van der Waals surface area contributed by atoms with E-state index < -0.39 is 0 Å². The summed E-state index contributed by atoms with van der Waals surface area (Å²) in [5.74, 6) is 0.849. The summed E-state index contributed by atoms with van der Waals surface area (Å²) in [4.78, 5) is 17.2. The van der Waals surface area contributed by atoms with E-state index in [0.29, 0.717) is 5.75 Å². The minimum Gasteiger partial charge on any atom is -0.325 e. The molecule has 0 saturated carbocycles. The number of rotatable bonds is 6. The average molecular weight is 393 g/mol. The van der Waals surface area contributed by atoms with Gasteiger partial charge in [0.25, 0.3) is 0 Å². The lowest BCUT2D eigenvalue weighted by molar-refractivity contribution is -0.127. The monoisotopic (exact) mass is 392 g/mol. The summed E-state index contributed by atoms with van der Waals surface area (Å²) in [5, 5.41) is 0.104. The molecule has 4 rings (SSSR count). The summed E-state index contributed by atoms with van der Waals surface area (Å²) >= 11 is 1.74. The molecular formula is C24H28N2OS. The summed E-state index contributed by atoms with van der Waals surface area (Å²) in [6.45, 7) is 4.16. The molecule has 2 aliphatic heterocycles. The summed E-state index contributed by atoms with van der Waals surface area (Å²) in [6, 6.07) is 21.0. The second kappa shape index (κ2) is 9.44. The molecule has 0 bridgehead atoms. The maximum atomic E-state index is 12.6. The molecule has 0 spiro atoms. The molecule has 4 heteroatoms. The van der Waals surface area contributed by atoms with Crippen LogP contribution in [-0.2, 0) is 4.79 Å². The van der Waals surface area contributed by atoms with Gasteiger partial charge in [-0.1, -0.05) is 67.1 Å². The van der Waals surface area contributed by atoms with Gasteiger partial charge in [-0.3, -0.25) is 4.79 Å². The van der Waals surface area contributed by atoms with Crippen LogP contribution in [0.15, 0.2) is 66.7 Å². The lowest BCUT2D eigenvalue weighted by Gasteiger charge is -2.30. The van der Waals surface area contributed by atoms with Gasteiger partial charge in [-0.2, -0.15) is 0 Å². The highest BCUT2D eigenvalue weighted by molar-refractivity contribution is 8.01. The Kier molecular flexibility index (Phi) is 6.50. The van der Waals surface area contributed by atoms with Crippen LogP contribution >= 0.6 is 11.8 Å². The Morgan fingerprint density at radius 3 is 2.11 bits per heavy atom. The highest BCUT2D eigenvalue weighted by Crippen LogP contribution is 2.31. The Morgan fingerprint density at radius 2 is 1.50 bits per heavy atom. The molecule has 2 aromatic carbocycles. The number of nitrogens with zero attached hydrogens (tertiary/aromatic N) is 2. The van der Waals surface area contributed by atoms with E-state index >= 15 is 0 Å². The highest BCUT2D eigenvalue weighted by atomic mass is 32.2. The molecular weight excluding hydrogens is 364 g/mol. The van der Waals surface area contributed by atoms with Crippen LogP contribution in [0.2, 0.25) is 0 Å². The molecule has 2 saturated heterocycles. The third-order valence-electron chi connectivity index (χ3n) is 5.59. The first kappa shape index (κ1) is 19.3. The fourth-order valence-corrected chi connectivity index (χ4v) is 5.15. The van der Waals surface area contributed by atoms with Crippen molar-refractivity contribution in [3.8, 4) is 0 Å². The highest BCUT2D eigenvalue weighted by Gasteiger charge is 2.31. The van der Waals surface area contributed by atoms with E-state index in [-0.39, 0.29) is 11.3 Å². The van der Waals surface area contributed by atoms with Crippen molar-refractivity contribution >= 4 is 23.2 Å². The molecule has 3 nitrogen and oxygen atoms in total. The van der Waals surface area contributed by atoms with Crippen molar-refractivity contribution in [1.29, 1.82) is 0 Å². The van der Waals surface area contributed by atoms with Crippen molar-refractivity contribution in [1.82, 2.24) is 9.80 Å². The Morgan fingerprint density at radius 1 is 0.893 bits per heavy atom. The number of amides is 1. The quantitative estimate of drug-likeness (QED) is 0.723. The molecule has 0 aromatic heterocycles. The van der Waals surface area contributed by atoms with E-state index in [1.54, 1.807) is 11.8 Å². The van der Waals surface area contributed by atoms with Crippen LogP contribution in [0.1, 0.15) is 30.4 Å². The lowest BCUT2D eigenvalue weighted by atomic mass is 9.97. The predicted molar refractivity (Wildman–Crippen MR) is 118 cm³/mol. The third kappa shape index (κ3) is 4.68. The maximum Gasteiger partial charge on any atom is 0.233 e. The number of carbonyl (C=O) groups is 1. The molecule has 2 heterocycles. The standard InChI is InChI=1S/C24H28N2OS/c27-23-19-28-24(26(23)17-16-25-14-8-3-9-15-25)18-22(20-10-4-1-5-11-20)21-12-6-2-7-13-21/h1-2,4-7,10-13,18,24H,3,8-9,14-17,19H2/t24-/m0/s1. The van der Waals surface area contributed by atoms with Crippen LogP contribution in [0, 0.1) is 0 Å². The van der Waals surface area contributed by atoms with Crippen LogP contribution in [0.5, 0.6) is 0 Å². The summed E-state index contributed by atoms with van der Waals surface area (Å²) in [5.41, 5.74) is 3.60. The SMILES string of the molecule is O=C1CS[C@@H](C=C(c2ccccc2)c2ccccc2)N1CCN1CCCCC1. The van der Waals surface area contributed by atoms with E-state index in [2.05, 4.69) is 64.4 Å². The molecule has 2 fully saturated rings. The zero-order chi connectivity index (χ0) is 19.2. The van der Waals surface area contributed by atoms with Crippen molar-refractivity contribution in [2.75, 3.05) is 31.9 Å². The van der Waals surface area contributed by atoms with Crippen molar-refractivity contribution in [3.05, 3.63) is 77.9 Å². The van der Waals surface area contributed by atoms with Crippen molar-refractivity contribution in [2.45, 2.75) is 24.6 Å². The number of piperidine rings is 1. The number of benzene rings is 2. The molecule has 0 aliphatic carbocycles. The van der Waals surface area contributed by atoms with E-state index in [9.17, 15) is 4.79 Å². The molecule has 1 amide bonds. The van der Waals surface area contributed by atoms with Gasteiger partial charge in [-0.05, 0) is 48.7 Å². The van der Waals surface area contributed by atoms with E-state index in [1.807, 2.05) is 12.1 Å². The molecule has 1 atom stereocenters. The largest absolute Gasteiger partial charge is 0.325 e. The Labute approximate surface area is 172 Å². The van der Waals surface area contributed by atoms with Gasteiger partial charge in [0.05, 0.1) is 11.1 Å². The van der Waals surface area contributed by atoms with Crippen LogP contribution < -0.4 is 0 Å². The van der Waals surface area contributed by atoms with Gasteiger partial charge in [0.2, 0.25) is 5.91 Å². The van der Waals surface area contributed by atoms with Crippen molar-refractivity contribution in [2.24, 2.45) is 0 Å². The molecule has 0 N–H and O–H groups in total. The first-order valence-electron chi connectivity index (χ1n) is 10.3. The molecule has 146 valence electrons. The summed E-state index contributed by atoms with van der Waals surface area (Å²) in [6.07, 6.45) is 6.21. The number of hydrogen-bond acceptors (Lipinski definition) is 3. The second-order valence-electron chi connectivity index (χ2n) is 7.50. The molecule has 28 heavy (non-hydrogen) atoms. The first-order valence-corrected chi connectivity index (χ1v) is 11.3. The zero-order valence-electron chi connectivity index (χ0n) is 16.3. The van der Waals surface area contributed by atoms with Crippen LogP contribution in [0.4, 0.5) is 0 Å². The van der Waals surface area contributed by atoms with E-state index in [4.69, 9.17) is 0 Å². The topological polar surface area (TPSA) is 23.6 Å². The Bertz CT molecular complexity index is 758. The minimum atomic E-state index is 0.104. The fourth-order valence-electron chi connectivity index (χ4n) is 4.03. The maximum absolute atomic E-state index is 12.6. The summed E-state index contributed by atoms with van der Waals surface area (Å²) < 4.78 is 0. The first-order chi connectivity index (χ1) is 13.8. The van der Waals surface area contributed by atoms with E-state index in [1.165, 1.54) is 49.1 Å². The van der Waals surface area contributed by atoms with Gasteiger partial charge >= 0.3 is 0 Å². The lowest BCUT2D eigenvalue weighted by Crippen LogP contribution is -2.41. The van der Waals surface area contributed by atoms with Crippen molar-refractivity contribution < 1.29 is 4.79 Å². The van der Waals surface area contributed by atoms with Crippen LogP contribution in [0.3, 0.4) is 0 Å². The Balaban J connectivity index is 1.56. The Hall–Kier alpha value is -2.04. The third-order valence-corrected chi connectivity index (χ3v) is 6.74. The molecule has 2 aliphatic rings. The second-order valence-corrected chi connectivity index (χ2v) is 8.61. The minimum absolute atomic E-state index is 0.104. The van der Waals surface area contributed by atoms with Gasteiger partial charge in [0, 0.05) is 13.1 Å². The van der Waals surface area contributed by atoms with Gasteiger partial charge in [-0.25, -0.2) is 0 Å². The fraction of sp³-hybridized carbons (Fsp3) is 0.375. The number of carbonyl (C=O) groups excluding carboxylic acids is 1. The van der Waals surface area contributed by atoms with Gasteiger partial charge in [0.1, 0.15) is 0 Å². The van der Waals surface area contributed by atoms with Crippen LogP contribution in [0.25, 0.3) is 5.57 Å². The zero-order valence-corrected chi connectivity index (χ0v) is 17.1. The smallest absolute Gasteiger partial charge is 0.233 e. The van der Waals surface area contributed by atoms with Crippen molar-refractivity contribution in [3.63, 3.8) is 0 Å². The summed E-state index contributed by atoms with van der Waals surface area (Å²) in [7, 11) is 0. The van der Waals surface area contributed by atoms with Gasteiger partial charge in [0.15, 0.2) is 0 Å². The normalized spacial score (nSPS) is 20.4. The number of hydrogen-bond donors (Lipinski definition) is 0. The van der Waals surface area contributed by atoms with Gasteiger partial charge < -0.3 is 9.80 Å². The molecule has 0 radical (unpaired) electrons. The predicted octanol–water partition coefficient (Wildman–Crippen LogP) is 4.51. The average Bonchev–Trinajstić information content (AvgIpc) is 3.11. The molecule has 2 aromatic rings. The number of likely N-dealkylation sites (tertiary alicyclic amines) is 1. The number of thioether (sulfide) groups is 1. The van der Waals surface area contributed by atoms with Crippen LogP contribution in [-0.4, -0.2) is 53.0 Å². The van der Waals surface area contributed by atoms with Gasteiger partial charge in [-0.15, -0.1) is 11.8 Å². The van der Waals surface area contributed by atoms with E-state index in [0.717, 1.165) is 13.1 Å².